The van der Waals surface area contributed by atoms with Gasteiger partial charge in [0.1, 0.15) is 0 Å². The molecule has 0 saturated carbocycles. The molecule has 0 aliphatic carbocycles. The Bertz CT molecular complexity index is 376. The Morgan fingerprint density at radius 2 is 1.00 bits per heavy atom. The van der Waals surface area contributed by atoms with Crippen molar-refractivity contribution in [2.45, 2.75) is 0 Å². The second-order valence-electron chi connectivity index (χ2n) is 3.06. The van der Waals surface area contributed by atoms with E-state index in [-0.39, 0.29) is 0 Å². The minimum atomic E-state index is 1.29. The number of rotatable bonds is 2. The summed E-state index contributed by atoms with van der Waals surface area (Å²) in [7, 11) is 0. The van der Waals surface area contributed by atoms with E-state index in [1.807, 2.05) is 12.1 Å². The molecule has 0 nitrogen and oxygen atoms in total. The first-order valence-corrected chi connectivity index (χ1v) is 5.53. The summed E-state index contributed by atoms with van der Waals surface area (Å²) in [5.41, 5.74) is 2.59. The quantitative estimate of drug-likeness (QED) is 0.730. The van der Waals surface area contributed by atoms with Gasteiger partial charge in [-0.05, 0) is 0 Å². The summed E-state index contributed by atoms with van der Waals surface area (Å²) in [6.45, 7) is 0. The van der Waals surface area contributed by atoms with Crippen LogP contribution in [-0.2, 0) is 19.4 Å². The Balaban J connectivity index is 2.35. The van der Waals surface area contributed by atoms with Gasteiger partial charge in [-0.2, -0.15) is 0 Å². The van der Waals surface area contributed by atoms with E-state index in [9.17, 15) is 0 Å². The molecule has 0 saturated heterocycles. The molecule has 0 amide bonds. The van der Waals surface area contributed by atoms with Gasteiger partial charge in [0, 0.05) is 0 Å². The summed E-state index contributed by atoms with van der Waals surface area (Å²) >= 11 is 2.08. The van der Waals surface area contributed by atoms with Crippen LogP contribution in [0.2, 0.25) is 0 Å². The SMILES string of the molecule is [Mo]=[C](c1ccccc1)c1ccccc1. The Kier molecular flexibility index (Phi) is 3.06. The third-order valence-corrected chi connectivity index (χ3v) is 3.23. The molecule has 0 heterocycles. The van der Waals surface area contributed by atoms with Gasteiger partial charge >= 0.3 is 95.0 Å². The van der Waals surface area contributed by atoms with Gasteiger partial charge in [-0.15, -0.1) is 0 Å². The van der Waals surface area contributed by atoms with Gasteiger partial charge in [-0.25, -0.2) is 0 Å². The molecule has 2 aromatic carbocycles. The Labute approximate surface area is 95.0 Å². The fourth-order valence-corrected chi connectivity index (χ4v) is 2.01. The van der Waals surface area contributed by atoms with Crippen molar-refractivity contribution in [1.29, 1.82) is 0 Å². The topological polar surface area (TPSA) is 0 Å². The Hall–Kier alpha value is -1.00. The standard InChI is InChI=1S/C13H10.Mo/c1-3-7-12(8-4-1)11-13-9-5-2-6-10-13;/h1-10H;. The molecule has 0 spiro atoms. The molecule has 0 aliphatic heterocycles. The summed E-state index contributed by atoms with van der Waals surface area (Å²) in [4.78, 5) is 0. The van der Waals surface area contributed by atoms with Crippen LogP contribution in [0.3, 0.4) is 0 Å². The van der Waals surface area contributed by atoms with Crippen molar-refractivity contribution >= 4 is 3.90 Å². The van der Waals surface area contributed by atoms with E-state index in [2.05, 4.69) is 67.9 Å². The second-order valence-corrected chi connectivity index (χ2v) is 4.06. The maximum atomic E-state index is 2.14. The van der Waals surface area contributed by atoms with Gasteiger partial charge in [0.25, 0.3) is 0 Å². The van der Waals surface area contributed by atoms with Crippen molar-refractivity contribution in [2.75, 3.05) is 0 Å². The molecule has 0 N–H and O–H groups in total. The summed E-state index contributed by atoms with van der Waals surface area (Å²) in [6, 6.07) is 21.0. The van der Waals surface area contributed by atoms with Crippen LogP contribution in [0.4, 0.5) is 0 Å². The summed E-state index contributed by atoms with van der Waals surface area (Å²) in [5.74, 6) is 0. The van der Waals surface area contributed by atoms with Crippen molar-refractivity contribution in [3.8, 4) is 0 Å². The van der Waals surface area contributed by atoms with Gasteiger partial charge in [0.15, 0.2) is 0 Å². The van der Waals surface area contributed by atoms with Gasteiger partial charge in [0.05, 0.1) is 0 Å². The zero-order valence-electron chi connectivity index (χ0n) is 7.68. The fourth-order valence-electron chi connectivity index (χ4n) is 1.35. The van der Waals surface area contributed by atoms with E-state index < -0.39 is 0 Å². The van der Waals surface area contributed by atoms with Crippen LogP contribution in [-0.4, -0.2) is 3.90 Å². The summed E-state index contributed by atoms with van der Waals surface area (Å²) in [5, 5.41) is 0. The van der Waals surface area contributed by atoms with Crippen LogP contribution in [0.25, 0.3) is 0 Å². The van der Waals surface area contributed by atoms with E-state index in [0.717, 1.165) is 0 Å². The molecule has 2 aromatic rings. The molecular formula is C13H10Mo. The van der Waals surface area contributed by atoms with Crippen LogP contribution in [0.15, 0.2) is 60.7 Å². The third kappa shape index (κ3) is 2.08. The number of benzene rings is 2. The molecule has 0 radical (unpaired) electrons. The van der Waals surface area contributed by atoms with Gasteiger partial charge in [-0.1, -0.05) is 0 Å². The number of hydrogen-bond donors (Lipinski definition) is 0. The summed E-state index contributed by atoms with van der Waals surface area (Å²) < 4.78 is 1.34. The zero-order valence-corrected chi connectivity index (χ0v) is 9.69. The fraction of sp³-hybridized carbons (Fsp3) is 0. The van der Waals surface area contributed by atoms with E-state index >= 15 is 0 Å². The molecule has 0 atom stereocenters. The van der Waals surface area contributed by atoms with Crippen LogP contribution in [0, 0.1) is 0 Å². The van der Waals surface area contributed by atoms with E-state index in [4.69, 9.17) is 0 Å². The van der Waals surface area contributed by atoms with Crippen LogP contribution >= 0.6 is 0 Å². The van der Waals surface area contributed by atoms with E-state index in [1.165, 1.54) is 15.0 Å². The molecule has 0 unspecified atom stereocenters. The molecule has 0 bridgehead atoms. The molecule has 2 rings (SSSR count). The average molecular weight is 262 g/mol. The van der Waals surface area contributed by atoms with E-state index in [0.29, 0.717) is 0 Å². The first-order valence-electron chi connectivity index (χ1n) is 4.53. The molecule has 68 valence electrons. The van der Waals surface area contributed by atoms with Crippen molar-refractivity contribution < 1.29 is 19.4 Å². The maximum absolute atomic E-state index is 2.14. The van der Waals surface area contributed by atoms with Crippen molar-refractivity contribution in [3.05, 3.63) is 71.8 Å². The van der Waals surface area contributed by atoms with Gasteiger partial charge in [-0.3, -0.25) is 0 Å². The molecule has 0 aliphatic rings. The summed E-state index contributed by atoms with van der Waals surface area (Å²) in [6.07, 6.45) is 0. The second kappa shape index (κ2) is 4.48. The molecular weight excluding hydrogens is 252 g/mol. The van der Waals surface area contributed by atoms with Crippen LogP contribution in [0.5, 0.6) is 0 Å². The predicted octanol–water partition coefficient (Wildman–Crippen LogP) is 2.80. The number of hydrogen-bond acceptors (Lipinski definition) is 0. The van der Waals surface area contributed by atoms with Crippen molar-refractivity contribution in [1.82, 2.24) is 0 Å². The average Bonchev–Trinajstić information content (AvgIpc) is 2.30. The van der Waals surface area contributed by atoms with E-state index in [1.54, 1.807) is 0 Å². The predicted molar refractivity (Wildman–Crippen MR) is 56.1 cm³/mol. The van der Waals surface area contributed by atoms with Gasteiger partial charge < -0.3 is 0 Å². The molecule has 1 heteroatoms. The van der Waals surface area contributed by atoms with Gasteiger partial charge in [0.2, 0.25) is 0 Å². The Morgan fingerprint density at radius 1 is 0.643 bits per heavy atom. The Morgan fingerprint density at radius 3 is 1.36 bits per heavy atom. The van der Waals surface area contributed by atoms with Crippen LogP contribution < -0.4 is 0 Å². The van der Waals surface area contributed by atoms with Crippen molar-refractivity contribution in [3.63, 3.8) is 0 Å². The first kappa shape index (κ1) is 9.55. The minimum absolute atomic E-state index is 1.29. The van der Waals surface area contributed by atoms with Crippen molar-refractivity contribution in [2.24, 2.45) is 0 Å². The normalized spacial score (nSPS) is 9.71. The molecule has 14 heavy (non-hydrogen) atoms. The monoisotopic (exact) mass is 264 g/mol. The first-order chi connectivity index (χ1) is 6.88. The third-order valence-electron chi connectivity index (χ3n) is 2.07. The molecule has 0 fully saturated rings. The van der Waals surface area contributed by atoms with Crippen LogP contribution in [0.1, 0.15) is 11.1 Å². The molecule has 0 aromatic heterocycles. The zero-order chi connectivity index (χ0) is 9.80.